The molecule has 2 rings (SSSR count). The van der Waals surface area contributed by atoms with Gasteiger partial charge < -0.3 is 0 Å². The predicted molar refractivity (Wildman–Crippen MR) is 69.5 cm³/mol. The minimum atomic E-state index is 1.07. The molecule has 1 heterocycles. The van der Waals surface area contributed by atoms with Crippen LogP contribution in [0, 0.1) is 3.57 Å². The quantitative estimate of drug-likeness (QED) is 0.510. The highest BCUT2D eigenvalue weighted by molar-refractivity contribution is 14.1. The fraction of sp³-hybridized carbons (Fsp3) is 0. The number of hydrogen-bond donors (Lipinski definition) is 1. The van der Waals surface area contributed by atoms with E-state index in [9.17, 15) is 0 Å². The van der Waals surface area contributed by atoms with Crippen molar-refractivity contribution in [2.45, 2.75) is 4.21 Å². The Morgan fingerprint density at radius 2 is 2.17 bits per heavy atom. The summed E-state index contributed by atoms with van der Waals surface area (Å²) in [7, 11) is 0. The summed E-state index contributed by atoms with van der Waals surface area (Å²) in [5.41, 5.74) is 0. The summed E-state index contributed by atoms with van der Waals surface area (Å²) >= 11 is 11.9. The van der Waals surface area contributed by atoms with Crippen LogP contribution in [0.25, 0.3) is 10.1 Å². The van der Waals surface area contributed by atoms with Gasteiger partial charge in [-0.3, -0.25) is 0 Å². The Kier molecular flexibility index (Phi) is 2.69. The molecule has 0 spiro atoms. The molecule has 2 aromatic rings. The van der Waals surface area contributed by atoms with Crippen LogP contribution in [0.3, 0.4) is 0 Å². The molecule has 62 valence electrons. The Bertz CT molecular complexity index is 436. The number of thiophene rings is 1. The lowest BCUT2D eigenvalue weighted by Gasteiger charge is -1.95. The Balaban J connectivity index is 2.89. The minimum Gasteiger partial charge on any atom is -0.133 e. The summed E-state index contributed by atoms with van der Waals surface area (Å²) in [5.74, 6) is 0. The first-order valence-corrected chi connectivity index (χ1v) is 6.38. The van der Waals surface area contributed by atoms with E-state index in [0.29, 0.717) is 0 Å². The maximum absolute atomic E-state index is 4.32. The summed E-state index contributed by atoms with van der Waals surface area (Å²) in [6.45, 7) is 0. The van der Waals surface area contributed by atoms with Crippen molar-refractivity contribution in [3.8, 4) is 0 Å². The van der Waals surface area contributed by atoms with E-state index in [1.54, 1.807) is 11.3 Å². The lowest BCUT2D eigenvalue weighted by Crippen LogP contribution is -1.73. The molecule has 1 aromatic carbocycles. The number of hydrogen-bond acceptors (Lipinski definition) is 2. The monoisotopic (exact) mass is 370 g/mol. The molecule has 0 amide bonds. The van der Waals surface area contributed by atoms with Crippen molar-refractivity contribution < 1.29 is 0 Å². The average Bonchev–Trinajstić information content (AvgIpc) is 2.39. The van der Waals surface area contributed by atoms with Gasteiger partial charge in [-0.15, -0.1) is 24.0 Å². The average molecular weight is 371 g/mol. The molecule has 0 fully saturated rings. The van der Waals surface area contributed by atoms with Crippen molar-refractivity contribution in [1.29, 1.82) is 0 Å². The zero-order valence-electron chi connectivity index (χ0n) is 5.84. The maximum Gasteiger partial charge on any atom is 0.0581 e. The van der Waals surface area contributed by atoms with Gasteiger partial charge in [0.05, 0.1) is 4.21 Å². The van der Waals surface area contributed by atoms with Crippen LogP contribution in [-0.4, -0.2) is 0 Å². The molecule has 0 saturated carbocycles. The third-order valence-corrected chi connectivity index (χ3v) is 5.45. The van der Waals surface area contributed by atoms with Crippen molar-refractivity contribution in [3.63, 3.8) is 0 Å². The van der Waals surface area contributed by atoms with Crippen LogP contribution in [0.15, 0.2) is 26.9 Å². The van der Waals surface area contributed by atoms with E-state index in [2.05, 4.69) is 69.3 Å². The summed E-state index contributed by atoms with van der Waals surface area (Å²) in [5, 5.41) is 1.29. The fourth-order valence-electron chi connectivity index (χ4n) is 1.04. The van der Waals surface area contributed by atoms with Gasteiger partial charge in [-0.05, 0) is 56.7 Å². The number of rotatable bonds is 0. The van der Waals surface area contributed by atoms with E-state index >= 15 is 0 Å². The lowest BCUT2D eigenvalue weighted by molar-refractivity contribution is 1.67. The van der Waals surface area contributed by atoms with Gasteiger partial charge in [0.1, 0.15) is 0 Å². The Morgan fingerprint density at radius 3 is 2.92 bits per heavy atom. The van der Waals surface area contributed by atoms with E-state index in [1.165, 1.54) is 13.7 Å². The molecule has 0 saturated heterocycles. The van der Waals surface area contributed by atoms with E-state index in [4.69, 9.17) is 0 Å². The molecule has 1 aromatic heterocycles. The normalized spacial score (nSPS) is 10.9. The minimum absolute atomic E-state index is 1.07. The fourth-order valence-corrected chi connectivity index (χ4v) is 3.43. The van der Waals surface area contributed by atoms with Crippen molar-refractivity contribution in [2.24, 2.45) is 0 Å². The van der Waals surface area contributed by atoms with E-state index < -0.39 is 0 Å². The van der Waals surface area contributed by atoms with Crippen LogP contribution in [0.1, 0.15) is 0 Å². The third-order valence-electron chi connectivity index (χ3n) is 1.57. The lowest BCUT2D eigenvalue weighted by atomic mass is 10.3. The second-order valence-corrected chi connectivity index (χ2v) is 6.16. The molecule has 0 bridgehead atoms. The first-order chi connectivity index (χ1) is 5.68. The molecule has 0 aliphatic rings. The van der Waals surface area contributed by atoms with Crippen LogP contribution in [0.4, 0.5) is 0 Å². The second-order valence-electron chi connectivity index (χ2n) is 2.36. The number of benzene rings is 1. The Hall–Kier alpha value is 0.740. The summed E-state index contributed by atoms with van der Waals surface area (Å²) in [6.07, 6.45) is 0. The van der Waals surface area contributed by atoms with Crippen LogP contribution >= 0.6 is 62.5 Å². The highest BCUT2D eigenvalue weighted by Gasteiger charge is 2.05. The van der Waals surface area contributed by atoms with Gasteiger partial charge in [-0.2, -0.15) is 0 Å². The third kappa shape index (κ3) is 1.54. The Labute approximate surface area is 102 Å². The zero-order valence-corrected chi connectivity index (χ0v) is 11.3. The highest BCUT2D eigenvalue weighted by Crippen LogP contribution is 2.34. The van der Waals surface area contributed by atoms with Crippen molar-refractivity contribution in [2.75, 3.05) is 0 Å². The van der Waals surface area contributed by atoms with Crippen molar-refractivity contribution in [1.82, 2.24) is 0 Å². The molecule has 0 radical (unpaired) electrons. The van der Waals surface area contributed by atoms with Crippen LogP contribution < -0.4 is 0 Å². The first-order valence-electron chi connectivity index (χ1n) is 3.25. The van der Waals surface area contributed by atoms with Gasteiger partial charge in [0.15, 0.2) is 0 Å². The topological polar surface area (TPSA) is 0 Å². The number of thiol groups is 1. The maximum atomic E-state index is 4.32. The molecule has 4 heteroatoms. The van der Waals surface area contributed by atoms with Gasteiger partial charge >= 0.3 is 0 Å². The summed E-state index contributed by atoms with van der Waals surface area (Å²) in [6, 6.07) is 6.30. The predicted octanol–water partition coefficient (Wildman–Crippen LogP) is 4.56. The van der Waals surface area contributed by atoms with E-state index in [-0.39, 0.29) is 0 Å². The first kappa shape index (κ1) is 9.30. The smallest absolute Gasteiger partial charge is 0.0581 e. The highest BCUT2D eigenvalue weighted by atomic mass is 127. The summed E-state index contributed by atoms with van der Waals surface area (Å²) < 4.78 is 4.79. The van der Waals surface area contributed by atoms with Gasteiger partial charge in [0, 0.05) is 18.1 Å². The molecule has 0 atom stereocenters. The van der Waals surface area contributed by atoms with Gasteiger partial charge in [-0.1, -0.05) is 0 Å². The molecular formula is C8H4BrIS2. The molecule has 0 aliphatic heterocycles. The largest absolute Gasteiger partial charge is 0.133 e. The van der Waals surface area contributed by atoms with Crippen LogP contribution in [0.2, 0.25) is 0 Å². The molecule has 0 nitrogen and oxygen atoms in total. The van der Waals surface area contributed by atoms with E-state index in [1.807, 2.05) is 0 Å². The zero-order chi connectivity index (χ0) is 8.72. The van der Waals surface area contributed by atoms with Gasteiger partial charge in [0.2, 0.25) is 0 Å². The van der Waals surface area contributed by atoms with Gasteiger partial charge in [0.25, 0.3) is 0 Å². The van der Waals surface area contributed by atoms with Crippen LogP contribution in [0.5, 0.6) is 0 Å². The molecule has 0 aliphatic carbocycles. The summed E-state index contributed by atoms with van der Waals surface area (Å²) in [4.78, 5) is 0. The molecule has 12 heavy (non-hydrogen) atoms. The standard InChI is InChI=1S/C8H4BrIS2/c9-5-1-2-6-4(8(5)10)3-7(11)12-6/h1-3,11H. The SMILES string of the molecule is Sc1cc2c(I)c(Br)ccc2s1. The van der Waals surface area contributed by atoms with E-state index in [0.717, 1.165) is 8.68 Å². The number of fused-ring (bicyclic) bond motifs is 1. The van der Waals surface area contributed by atoms with Gasteiger partial charge in [-0.25, -0.2) is 0 Å². The van der Waals surface area contributed by atoms with Crippen molar-refractivity contribution in [3.05, 3.63) is 26.2 Å². The van der Waals surface area contributed by atoms with Crippen molar-refractivity contribution >= 4 is 72.6 Å². The Morgan fingerprint density at radius 1 is 1.42 bits per heavy atom. The van der Waals surface area contributed by atoms with Crippen LogP contribution in [-0.2, 0) is 0 Å². The number of halogens is 2. The molecular weight excluding hydrogens is 367 g/mol. The second kappa shape index (κ2) is 3.48. The molecule has 0 unspecified atom stereocenters. The molecule has 0 N–H and O–H groups in total.